The highest BCUT2D eigenvalue weighted by Crippen LogP contribution is 2.15. The van der Waals surface area contributed by atoms with Gasteiger partial charge >= 0.3 is 5.97 Å². The van der Waals surface area contributed by atoms with Crippen LogP contribution in [-0.4, -0.2) is 30.4 Å². The lowest BCUT2D eigenvalue weighted by atomic mass is 10.1. The Hall–Kier alpha value is -1.55. The lowest BCUT2D eigenvalue weighted by Gasteiger charge is -2.17. The number of ether oxygens (including phenoxy) is 2. The average molecular weight is 280 g/mol. The van der Waals surface area contributed by atoms with Gasteiger partial charge in [0.2, 0.25) is 0 Å². The molecule has 4 nitrogen and oxygen atoms in total. The summed E-state index contributed by atoms with van der Waals surface area (Å²) in [5.41, 5.74) is 0.861. The normalized spacial score (nSPS) is 12.1. The Labute approximate surface area is 120 Å². The predicted molar refractivity (Wildman–Crippen MR) is 77.7 cm³/mol. The van der Waals surface area contributed by atoms with Crippen LogP contribution in [0.4, 0.5) is 0 Å². The van der Waals surface area contributed by atoms with Gasteiger partial charge in [0.25, 0.3) is 0 Å². The fourth-order valence-electron chi connectivity index (χ4n) is 1.77. The van der Waals surface area contributed by atoms with Gasteiger partial charge in [-0.15, -0.1) is 0 Å². The van der Waals surface area contributed by atoms with Crippen LogP contribution in [0.25, 0.3) is 0 Å². The minimum Gasteiger partial charge on any atom is -0.508 e. The molecule has 1 unspecified atom stereocenters. The first-order valence-corrected chi connectivity index (χ1v) is 7.23. The third-order valence-electron chi connectivity index (χ3n) is 2.86. The van der Waals surface area contributed by atoms with Gasteiger partial charge in [-0.25, -0.2) is 4.79 Å². The molecule has 4 heteroatoms. The number of phenols is 1. The Bertz CT molecular complexity index is 403. The number of phenolic OH excluding ortho intramolecular Hbond substituents is 1. The summed E-state index contributed by atoms with van der Waals surface area (Å²) in [5, 5.41) is 9.46. The van der Waals surface area contributed by atoms with Crippen LogP contribution in [0, 0.1) is 0 Å². The van der Waals surface area contributed by atoms with Crippen LogP contribution in [0.3, 0.4) is 0 Å². The van der Waals surface area contributed by atoms with Crippen LogP contribution in [0.2, 0.25) is 0 Å². The number of esters is 1. The Morgan fingerprint density at radius 1 is 1.25 bits per heavy atom. The zero-order chi connectivity index (χ0) is 14.8. The van der Waals surface area contributed by atoms with Gasteiger partial charge in [0, 0.05) is 13.0 Å². The van der Waals surface area contributed by atoms with Crippen LogP contribution in [-0.2, 0) is 20.7 Å². The molecule has 0 heterocycles. The molecule has 0 amide bonds. The highest BCUT2D eigenvalue weighted by Gasteiger charge is 2.21. The second kappa shape index (κ2) is 9.37. The van der Waals surface area contributed by atoms with E-state index in [9.17, 15) is 9.90 Å². The van der Waals surface area contributed by atoms with Crippen LogP contribution in [0.5, 0.6) is 5.75 Å². The topological polar surface area (TPSA) is 55.8 Å². The molecule has 0 fully saturated rings. The Balaban J connectivity index is 2.63. The summed E-state index contributed by atoms with van der Waals surface area (Å²) in [6, 6.07) is 6.86. The number of benzene rings is 1. The van der Waals surface area contributed by atoms with Crippen molar-refractivity contribution in [2.75, 3.05) is 13.2 Å². The number of unbranched alkanes of at least 4 members (excludes halogenated alkanes) is 1. The minimum atomic E-state index is -0.602. The molecule has 1 rings (SSSR count). The van der Waals surface area contributed by atoms with Crippen molar-refractivity contribution in [3.8, 4) is 5.75 Å². The van der Waals surface area contributed by atoms with E-state index in [1.165, 1.54) is 0 Å². The van der Waals surface area contributed by atoms with Gasteiger partial charge < -0.3 is 14.6 Å². The molecule has 112 valence electrons. The summed E-state index contributed by atoms with van der Waals surface area (Å²) in [4.78, 5) is 12.0. The maximum absolute atomic E-state index is 12.0. The average Bonchev–Trinajstić information content (AvgIpc) is 2.44. The smallest absolute Gasteiger partial charge is 0.335 e. The predicted octanol–water partition coefficient (Wildman–Crippen LogP) is 3.07. The first-order valence-electron chi connectivity index (χ1n) is 7.23. The molecular weight excluding hydrogens is 256 g/mol. The molecule has 0 spiro atoms. The third kappa shape index (κ3) is 6.06. The third-order valence-corrected chi connectivity index (χ3v) is 2.86. The van der Waals surface area contributed by atoms with E-state index in [1.807, 2.05) is 13.0 Å². The number of hydrogen-bond donors (Lipinski definition) is 1. The van der Waals surface area contributed by atoms with Gasteiger partial charge in [0.15, 0.2) is 6.10 Å². The van der Waals surface area contributed by atoms with Crippen molar-refractivity contribution in [1.29, 1.82) is 0 Å². The van der Waals surface area contributed by atoms with E-state index in [2.05, 4.69) is 6.92 Å². The Kier molecular flexibility index (Phi) is 7.73. The maximum Gasteiger partial charge on any atom is 0.335 e. The number of carbonyl (C=O) groups is 1. The highest BCUT2D eigenvalue weighted by atomic mass is 16.6. The number of hydrogen-bond acceptors (Lipinski definition) is 4. The molecule has 0 aromatic heterocycles. The number of carbonyl (C=O) groups excluding carboxylic acids is 1. The van der Waals surface area contributed by atoms with Crippen LogP contribution in [0.15, 0.2) is 24.3 Å². The van der Waals surface area contributed by atoms with Crippen molar-refractivity contribution in [1.82, 2.24) is 0 Å². The SMILES string of the molecule is CCCCOC(Cc1cccc(O)c1)C(=O)OCCC. The van der Waals surface area contributed by atoms with Crippen LogP contribution in [0.1, 0.15) is 38.7 Å². The van der Waals surface area contributed by atoms with E-state index >= 15 is 0 Å². The zero-order valence-corrected chi connectivity index (χ0v) is 12.3. The molecule has 1 N–H and O–H groups in total. The molecule has 20 heavy (non-hydrogen) atoms. The van der Waals surface area contributed by atoms with E-state index in [0.717, 1.165) is 24.8 Å². The molecule has 0 radical (unpaired) electrons. The van der Waals surface area contributed by atoms with E-state index in [0.29, 0.717) is 19.6 Å². The van der Waals surface area contributed by atoms with Gasteiger partial charge in [0.1, 0.15) is 5.75 Å². The summed E-state index contributed by atoms with van der Waals surface area (Å²) in [5.74, 6) is -0.136. The summed E-state index contributed by atoms with van der Waals surface area (Å²) in [6.45, 7) is 4.98. The maximum atomic E-state index is 12.0. The Morgan fingerprint density at radius 2 is 2.05 bits per heavy atom. The van der Waals surface area contributed by atoms with E-state index in [4.69, 9.17) is 9.47 Å². The molecule has 0 saturated carbocycles. The Morgan fingerprint density at radius 3 is 2.70 bits per heavy atom. The van der Waals surface area contributed by atoms with Crippen molar-refractivity contribution in [3.05, 3.63) is 29.8 Å². The van der Waals surface area contributed by atoms with E-state index in [-0.39, 0.29) is 11.7 Å². The molecular formula is C16H24O4. The summed E-state index contributed by atoms with van der Waals surface area (Å²) < 4.78 is 10.8. The van der Waals surface area contributed by atoms with Crippen molar-refractivity contribution in [2.45, 2.75) is 45.6 Å². The molecule has 1 aromatic rings. The largest absolute Gasteiger partial charge is 0.508 e. The van der Waals surface area contributed by atoms with E-state index < -0.39 is 6.10 Å². The van der Waals surface area contributed by atoms with Crippen LogP contribution >= 0.6 is 0 Å². The molecule has 0 aliphatic carbocycles. The standard InChI is InChI=1S/C16H24O4/c1-3-5-10-19-15(16(18)20-9-4-2)12-13-7-6-8-14(17)11-13/h6-8,11,15,17H,3-5,9-10,12H2,1-2H3. The number of aromatic hydroxyl groups is 1. The first kappa shape index (κ1) is 16.5. The van der Waals surface area contributed by atoms with E-state index in [1.54, 1.807) is 18.2 Å². The van der Waals surface area contributed by atoms with Gasteiger partial charge in [0.05, 0.1) is 6.61 Å². The summed E-state index contributed by atoms with van der Waals surface area (Å²) >= 11 is 0. The van der Waals surface area contributed by atoms with Gasteiger partial charge in [-0.3, -0.25) is 0 Å². The quantitative estimate of drug-likeness (QED) is 0.558. The molecule has 0 saturated heterocycles. The fourth-order valence-corrected chi connectivity index (χ4v) is 1.77. The lowest BCUT2D eigenvalue weighted by Crippen LogP contribution is -2.29. The molecule has 1 aromatic carbocycles. The van der Waals surface area contributed by atoms with Crippen molar-refractivity contribution in [2.24, 2.45) is 0 Å². The van der Waals surface area contributed by atoms with Gasteiger partial charge in [-0.1, -0.05) is 32.4 Å². The lowest BCUT2D eigenvalue weighted by molar-refractivity contribution is -0.157. The van der Waals surface area contributed by atoms with Crippen molar-refractivity contribution in [3.63, 3.8) is 0 Å². The van der Waals surface area contributed by atoms with Crippen molar-refractivity contribution < 1.29 is 19.4 Å². The van der Waals surface area contributed by atoms with Crippen LogP contribution < -0.4 is 0 Å². The monoisotopic (exact) mass is 280 g/mol. The zero-order valence-electron chi connectivity index (χ0n) is 12.3. The number of rotatable bonds is 9. The molecule has 0 bridgehead atoms. The van der Waals surface area contributed by atoms with Crippen molar-refractivity contribution >= 4 is 5.97 Å². The first-order chi connectivity index (χ1) is 9.67. The second-order valence-corrected chi connectivity index (χ2v) is 4.75. The fraction of sp³-hybridized carbons (Fsp3) is 0.562. The molecule has 1 atom stereocenters. The summed E-state index contributed by atoms with van der Waals surface area (Å²) in [6.07, 6.45) is 2.54. The van der Waals surface area contributed by atoms with Gasteiger partial charge in [-0.05, 0) is 30.5 Å². The van der Waals surface area contributed by atoms with Gasteiger partial charge in [-0.2, -0.15) is 0 Å². The summed E-state index contributed by atoms with van der Waals surface area (Å²) in [7, 11) is 0. The molecule has 0 aliphatic heterocycles. The second-order valence-electron chi connectivity index (χ2n) is 4.75. The molecule has 0 aliphatic rings. The highest BCUT2D eigenvalue weighted by molar-refractivity contribution is 5.75. The minimum absolute atomic E-state index is 0.191.